The summed E-state index contributed by atoms with van der Waals surface area (Å²) in [5, 5.41) is 3.48. The Bertz CT molecular complexity index is 437. The van der Waals surface area contributed by atoms with Crippen LogP contribution >= 0.6 is 0 Å². The third-order valence-electron chi connectivity index (χ3n) is 4.12. The molecule has 3 heteroatoms. The minimum absolute atomic E-state index is 0.702. The van der Waals surface area contributed by atoms with Crippen molar-refractivity contribution in [2.75, 3.05) is 27.3 Å². The minimum atomic E-state index is 0.702. The molecule has 0 spiro atoms. The quantitative estimate of drug-likeness (QED) is 0.906. The fourth-order valence-electron chi connectivity index (χ4n) is 3.06. The monoisotopic (exact) mass is 263 g/mol. The average Bonchev–Trinajstić information content (AvgIpc) is 2.44. The van der Waals surface area contributed by atoms with Crippen LogP contribution in [-0.2, 0) is 6.42 Å². The first-order valence-electron chi connectivity index (χ1n) is 7.09. The molecule has 1 atom stereocenters. The van der Waals surface area contributed by atoms with Crippen LogP contribution in [0.4, 0.5) is 0 Å². The van der Waals surface area contributed by atoms with Crippen molar-refractivity contribution in [2.24, 2.45) is 5.92 Å². The molecule has 1 unspecified atom stereocenters. The van der Waals surface area contributed by atoms with E-state index in [9.17, 15) is 0 Å². The standard InChI is InChI=1S/C16H25NO2/c1-11-8-15(18-3)12(2)14(16(11)19-4)9-13-6-5-7-17-10-13/h8,13,17H,5-7,9-10H2,1-4H3. The molecular weight excluding hydrogens is 238 g/mol. The molecule has 1 fully saturated rings. The van der Waals surface area contributed by atoms with Gasteiger partial charge in [0.1, 0.15) is 11.5 Å². The van der Waals surface area contributed by atoms with E-state index in [4.69, 9.17) is 9.47 Å². The van der Waals surface area contributed by atoms with Gasteiger partial charge in [0, 0.05) is 5.56 Å². The lowest BCUT2D eigenvalue weighted by Crippen LogP contribution is -2.31. The van der Waals surface area contributed by atoms with Crippen molar-refractivity contribution >= 4 is 0 Å². The summed E-state index contributed by atoms with van der Waals surface area (Å²) in [6, 6.07) is 2.07. The van der Waals surface area contributed by atoms with Gasteiger partial charge >= 0.3 is 0 Å². The Kier molecular flexibility index (Phi) is 4.70. The van der Waals surface area contributed by atoms with Gasteiger partial charge in [-0.1, -0.05) is 0 Å². The van der Waals surface area contributed by atoms with Crippen LogP contribution in [0.2, 0.25) is 0 Å². The summed E-state index contributed by atoms with van der Waals surface area (Å²) in [6.45, 7) is 6.48. The summed E-state index contributed by atoms with van der Waals surface area (Å²) >= 11 is 0. The minimum Gasteiger partial charge on any atom is -0.496 e. The molecule has 1 N–H and O–H groups in total. The highest BCUT2D eigenvalue weighted by Crippen LogP contribution is 2.35. The number of hydrogen-bond donors (Lipinski definition) is 1. The van der Waals surface area contributed by atoms with Gasteiger partial charge in [-0.2, -0.15) is 0 Å². The highest BCUT2D eigenvalue weighted by molar-refractivity contribution is 5.53. The van der Waals surface area contributed by atoms with Gasteiger partial charge in [-0.05, 0) is 69.3 Å². The topological polar surface area (TPSA) is 30.5 Å². The van der Waals surface area contributed by atoms with E-state index in [2.05, 4.69) is 25.2 Å². The lowest BCUT2D eigenvalue weighted by molar-refractivity contribution is 0.359. The van der Waals surface area contributed by atoms with E-state index >= 15 is 0 Å². The Hall–Kier alpha value is -1.22. The fraction of sp³-hybridized carbons (Fsp3) is 0.625. The van der Waals surface area contributed by atoms with Crippen molar-refractivity contribution in [3.63, 3.8) is 0 Å². The SMILES string of the molecule is COc1cc(C)c(OC)c(CC2CCCNC2)c1C. The molecule has 0 saturated carbocycles. The van der Waals surface area contributed by atoms with E-state index < -0.39 is 0 Å². The first-order chi connectivity index (χ1) is 9.17. The first kappa shape index (κ1) is 14.2. The van der Waals surface area contributed by atoms with Crippen molar-refractivity contribution < 1.29 is 9.47 Å². The van der Waals surface area contributed by atoms with Gasteiger partial charge in [0.25, 0.3) is 0 Å². The number of nitrogens with one attached hydrogen (secondary N) is 1. The Balaban J connectivity index is 2.32. The Labute approximate surface area is 116 Å². The van der Waals surface area contributed by atoms with Crippen LogP contribution in [0.1, 0.15) is 29.5 Å². The maximum absolute atomic E-state index is 5.62. The molecule has 0 aromatic heterocycles. The van der Waals surface area contributed by atoms with Gasteiger partial charge in [0.15, 0.2) is 0 Å². The maximum atomic E-state index is 5.62. The number of benzene rings is 1. The second-order valence-electron chi connectivity index (χ2n) is 5.45. The van der Waals surface area contributed by atoms with Crippen LogP contribution in [0.3, 0.4) is 0 Å². The molecule has 1 aromatic rings. The van der Waals surface area contributed by atoms with Crippen LogP contribution in [0.25, 0.3) is 0 Å². The summed E-state index contributed by atoms with van der Waals surface area (Å²) < 4.78 is 11.1. The second kappa shape index (κ2) is 6.29. The zero-order valence-electron chi connectivity index (χ0n) is 12.5. The zero-order valence-corrected chi connectivity index (χ0v) is 12.5. The number of rotatable bonds is 4. The lowest BCUT2D eigenvalue weighted by Gasteiger charge is -2.25. The maximum Gasteiger partial charge on any atom is 0.125 e. The Morgan fingerprint density at radius 3 is 2.63 bits per heavy atom. The number of piperidine rings is 1. The van der Waals surface area contributed by atoms with Crippen LogP contribution in [-0.4, -0.2) is 27.3 Å². The molecule has 0 bridgehead atoms. The van der Waals surface area contributed by atoms with E-state index in [1.807, 2.05) is 0 Å². The number of methoxy groups -OCH3 is 2. The third-order valence-corrected chi connectivity index (χ3v) is 4.12. The zero-order chi connectivity index (χ0) is 13.8. The third kappa shape index (κ3) is 3.03. The van der Waals surface area contributed by atoms with Crippen molar-refractivity contribution in [1.29, 1.82) is 0 Å². The smallest absolute Gasteiger partial charge is 0.125 e. The summed E-state index contributed by atoms with van der Waals surface area (Å²) in [4.78, 5) is 0. The number of aryl methyl sites for hydroxylation is 1. The van der Waals surface area contributed by atoms with Crippen molar-refractivity contribution in [2.45, 2.75) is 33.1 Å². The van der Waals surface area contributed by atoms with Gasteiger partial charge in [0.05, 0.1) is 14.2 Å². The summed E-state index contributed by atoms with van der Waals surface area (Å²) in [7, 11) is 3.50. The molecule has 1 heterocycles. The molecule has 106 valence electrons. The highest BCUT2D eigenvalue weighted by Gasteiger charge is 2.20. The van der Waals surface area contributed by atoms with E-state index in [0.717, 1.165) is 36.6 Å². The molecule has 1 aliphatic rings. The summed E-state index contributed by atoms with van der Waals surface area (Å²) in [6.07, 6.45) is 3.64. The van der Waals surface area contributed by atoms with Gasteiger partial charge in [-0.15, -0.1) is 0 Å². The van der Waals surface area contributed by atoms with E-state index in [1.54, 1.807) is 14.2 Å². The van der Waals surface area contributed by atoms with Crippen LogP contribution < -0.4 is 14.8 Å². The van der Waals surface area contributed by atoms with Crippen molar-refractivity contribution in [1.82, 2.24) is 5.32 Å². The average molecular weight is 263 g/mol. The normalized spacial score (nSPS) is 19.3. The van der Waals surface area contributed by atoms with Gasteiger partial charge in [-0.3, -0.25) is 0 Å². The molecule has 2 rings (SSSR count). The van der Waals surface area contributed by atoms with E-state index in [-0.39, 0.29) is 0 Å². The number of ether oxygens (including phenoxy) is 2. The molecule has 0 radical (unpaired) electrons. The van der Waals surface area contributed by atoms with Crippen molar-refractivity contribution in [3.05, 3.63) is 22.8 Å². The second-order valence-corrected chi connectivity index (χ2v) is 5.45. The van der Waals surface area contributed by atoms with Gasteiger partial charge < -0.3 is 14.8 Å². The van der Waals surface area contributed by atoms with Crippen molar-refractivity contribution in [3.8, 4) is 11.5 Å². The molecule has 19 heavy (non-hydrogen) atoms. The molecule has 0 aliphatic carbocycles. The Morgan fingerprint density at radius 1 is 1.26 bits per heavy atom. The molecule has 0 amide bonds. The Morgan fingerprint density at radius 2 is 2.05 bits per heavy atom. The molecule has 1 aromatic carbocycles. The highest BCUT2D eigenvalue weighted by atomic mass is 16.5. The van der Waals surface area contributed by atoms with Gasteiger partial charge in [-0.25, -0.2) is 0 Å². The van der Waals surface area contributed by atoms with E-state index in [0.29, 0.717) is 5.92 Å². The predicted molar refractivity (Wildman–Crippen MR) is 78.3 cm³/mol. The van der Waals surface area contributed by atoms with Crippen LogP contribution in [0, 0.1) is 19.8 Å². The summed E-state index contributed by atoms with van der Waals surface area (Å²) in [5.41, 5.74) is 3.69. The largest absolute Gasteiger partial charge is 0.496 e. The van der Waals surface area contributed by atoms with Crippen LogP contribution in [0.15, 0.2) is 6.07 Å². The molecule has 1 saturated heterocycles. The fourth-order valence-corrected chi connectivity index (χ4v) is 3.06. The van der Waals surface area contributed by atoms with Crippen LogP contribution in [0.5, 0.6) is 11.5 Å². The predicted octanol–water partition coefficient (Wildman–Crippen LogP) is 2.86. The lowest BCUT2D eigenvalue weighted by atomic mass is 9.88. The van der Waals surface area contributed by atoms with E-state index in [1.165, 1.54) is 24.0 Å². The molecule has 3 nitrogen and oxygen atoms in total. The summed E-state index contributed by atoms with van der Waals surface area (Å²) in [5.74, 6) is 2.70. The molecular formula is C16H25NO2. The number of hydrogen-bond acceptors (Lipinski definition) is 3. The molecule has 1 aliphatic heterocycles. The van der Waals surface area contributed by atoms with Gasteiger partial charge in [0.2, 0.25) is 0 Å². The first-order valence-corrected chi connectivity index (χ1v) is 7.09.